The monoisotopic (exact) mass is 313 g/mol. The Morgan fingerprint density at radius 1 is 1.44 bits per heavy atom. The van der Waals surface area contributed by atoms with E-state index in [4.69, 9.17) is 10.5 Å². The van der Waals surface area contributed by atoms with E-state index >= 15 is 0 Å². The summed E-state index contributed by atoms with van der Waals surface area (Å²) in [4.78, 5) is 21.7. The minimum atomic E-state index is -0.697. The van der Waals surface area contributed by atoms with Crippen molar-refractivity contribution in [1.29, 1.82) is 0 Å². The van der Waals surface area contributed by atoms with Gasteiger partial charge < -0.3 is 15.2 Å². The van der Waals surface area contributed by atoms with Crippen molar-refractivity contribution in [3.8, 4) is 5.75 Å². The molecule has 0 aliphatic rings. The zero-order chi connectivity index (χ0) is 13.5. The van der Waals surface area contributed by atoms with Crippen molar-refractivity contribution < 1.29 is 19.1 Å². The fourth-order valence-electron chi connectivity index (χ4n) is 1.18. The third-order valence-corrected chi connectivity index (χ3v) is 2.44. The topological polar surface area (TPSA) is 78.6 Å². The SMILES string of the molecule is COc1ccc(Br)cc1/C=C/C(=O)OCC(N)=O. The maximum atomic E-state index is 11.2. The van der Waals surface area contributed by atoms with E-state index in [9.17, 15) is 9.59 Å². The Labute approximate surface area is 113 Å². The first-order chi connectivity index (χ1) is 8.52. The van der Waals surface area contributed by atoms with Gasteiger partial charge in [-0.15, -0.1) is 0 Å². The van der Waals surface area contributed by atoms with Crippen LogP contribution < -0.4 is 10.5 Å². The maximum Gasteiger partial charge on any atom is 0.331 e. The van der Waals surface area contributed by atoms with Crippen LogP contribution in [0.2, 0.25) is 0 Å². The number of ether oxygens (including phenoxy) is 2. The molecular weight excluding hydrogens is 302 g/mol. The average Bonchev–Trinajstić information content (AvgIpc) is 2.34. The summed E-state index contributed by atoms with van der Waals surface area (Å²) in [6.45, 7) is -0.432. The summed E-state index contributed by atoms with van der Waals surface area (Å²) in [6, 6.07) is 5.37. The molecule has 0 aromatic heterocycles. The van der Waals surface area contributed by atoms with Crippen LogP contribution in [0, 0.1) is 0 Å². The van der Waals surface area contributed by atoms with Gasteiger partial charge >= 0.3 is 5.97 Å². The Morgan fingerprint density at radius 2 is 2.17 bits per heavy atom. The van der Waals surface area contributed by atoms with Crippen LogP contribution in [0.3, 0.4) is 0 Å². The highest BCUT2D eigenvalue weighted by molar-refractivity contribution is 9.10. The fraction of sp³-hybridized carbons (Fsp3) is 0.167. The highest BCUT2D eigenvalue weighted by Crippen LogP contribution is 2.24. The van der Waals surface area contributed by atoms with E-state index in [0.29, 0.717) is 11.3 Å². The molecule has 96 valence electrons. The van der Waals surface area contributed by atoms with E-state index < -0.39 is 18.5 Å². The summed E-state index contributed by atoms with van der Waals surface area (Å²) >= 11 is 3.32. The Hall–Kier alpha value is -1.82. The van der Waals surface area contributed by atoms with E-state index in [1.165, 1.54) is 19.3 Å². The summed E-state index contributed by atoms with van der Waals surface area (Å²) in [7, 11) is 1.53. The molecule has 0 saturated heterocycles. The van der Waals surface area contributed by atoms with Crippen molar-refractivity contribution in [2.24, 2.45) is 5.73 Å². The van der Waals surface area contributed by atoms with Gasteiger partial charge in [0.1, 0.15) is 5.75 Å². The first-order valence-electron chi connectivity index (χ1n) is 4.99. The largest absolute Gasteiger partial charge is 0.496 e. The molecule has 5 nitrogen and oxygen atoms in total. The highest BCUT2D eigenvalue weighted by Gasteiger charge is 2.03. The molecular formula is C12H12BrNO4. The molecule has 0 aliphatic carbocycles. The predicted octanol–water partition coefficient (Wildman–Crippen LogP) is 1.50. The Kier molecular flexibility index (Phi) is 5.38. The molecule has 1 aromatic carbocycles. The molecule has 0 spiro atoms. The number of hydrogen-bond acceptors (Lipinski definition) is 4. The van der Waals surface area contributed by atoms with Crippen LogP contribution in [0.5, 0.6) is 5.75 Å². The second-order valence-electron chi connectivity index (χ2n) is 3.29. The molecule has 0 radical (unpaired) electrons. The molecule has 0 fully saturated rings. The van der Waals surface area contributed by atoms with Gasteiger partial charge in [0, 0.05) is 16.1 Å². The lowest BCUT2D eigenvalue weighted by Gasteiger charge is -2.04. The summed E-state index contributed by atoms with van der Waals surface area (Å²) in [5.74, 6) is -0.718. The number of primary amides is 1. The van der Waals surface area contributed by atoms with Crippen LogP contribution in [0.25, 0.3) is 6.08 Å². The number of carbonyl (C=O) groups is 2. The molecule has 1 rings (SSSR count). The molecule has 18 heavy (non-hydrogen) atoms. The van der Waals surface area contributed by atoms with Gasteiger partial charge in [-0.05, 0) is 24.3 Å². The molecule has 6 heteroatoms. The number of rotatable bonds is 5. The molecule has 0 heterocycles. The van der Waals surface area contributed by atoms with Gasteiger partial charge in [-0.3, -0.25) is 4.79 Å². The number of esters is 1. The van der Waals surface area contributed by atoms with Gasteiger partial charge in [0.15, 0.2) is 6.61 Å². The van der Waals surface area contributed by atoms with E-state index in [-0.39, 0.29) is 0 Å². The first-order valence-corrected chi connectivity index (χ1v) is 5.79. The lowest BCUT2D eigenvalue weighted by atomic mass is 10.2. The van der Waals surface area contributed by atoms with E-state index in [1.807, 2.05) is 6.07 Å². The number of amides is 1. The van der Waals surface area contributed by atoms with Crippen molar-refractivity contribution in [3.05, 3.63) is 34.3 Å². The molecule has 1 aromatic rings. The van der Waals surface area contributed by atoms with Gasteiger partial charge in [-0.25, -0.2) is 4.79 Å². The van der Waals surface area contributed by atoms with Crippen molar-refractivity contribution in [1.82, 2.24) is 0 Å². The summed E-state index contributed by atoms with van der Waals surface area (Å²) < 4.78 is 10.6. The molecule has 0 saturated carbocycles. The summed E-state index contributed by atoms with van der Waals surface area (Å²) in [5.41, 5.74) is 5.56. The molecule has 1 amide bonds. The molecule has 2 N–H and O–H groups in total. The average molecular weight is 314 g/mol. The highest BCUT2D eigenvalue weighted by atomic mass is 79.9. The standard InChI is InChI=1S/C12H12BrNO4/c1-17-10-4-3-9(13)6-8(10)2-5-12(16)18-7-11(14)15/h2-6H,7H2,1H3,(H2,14,15)/b5-2+. The summed E-state index contributed by atoms with van der Waals surface area (Å²) in [5, 5.41) is 0. The molecule has 0 atom stereocenters. The minimum Gasteiger partial charge on any atom is -0.496 e. The van der Waals surface area contributed by atoms with E-state index in [2.05, 4.69) is 20.7 Å². The van der Waals surface area contributed by atoms with Crippen molar-refractivity contribution in [2.45, 2.75) is 0 Å². The van der Waals surface area contributed by atoms with Gasteiger partial charge in [-0.2, -0.15) is 0 Å². The van der Waals surface area contributed by atoms with E-state index in [1.54, 1.807) is 12.1 Å². The second kappa shape index (κ2) is 6.80. The fourth-order valence-corrected chi connectivity index (χ4v) is 1.56. The van der Waals surface area contributed by atoms with Crippen LogP contribution in [0.1, 0.15) is 5.56 Å². The van der Waals surface area contributed by atoms with Gasteiger partial charge in [-0.1, -0.05) is 15.9 Å². The Balaban J connectivity index is 2.74. The third kappa shape index (κ3) is 4.58. The summed E-state index contributed by atoms with van der Waals surface area (Å²) in [6.07, 6.45) is 2.74. The number of nitrogens with two attached hydrogens (primary N) is 1. The smallest absolute Gasteiger partial charge is 0.331 e. The molecule has 0 bridgehead atoms. The maximum absolute atomic E-state index is 11.2. The van der Waals surface area contributed by atoms with Crippen molar-refractivity contribution >= 4 is 33.9 Å². The van der Waals surface area contributed by atoms with Gasteiger partial charge in [0.05, 0.1) is 7.11 Å². The van der Waals surface area contributed by atoms with Gasteiger partial charge in [0.2, 0.25) is 0 Å². The zero-order valence-corrected chi connectivity index (χ0v) is 11.3. The first kappa shape index (κ1) is 14.2. The predicted molar refractivity (Wildman–Crippen MR) is 69.9 cm³/mol. The van der Waals surface area contributed by atoms with Crippen LogP contribution in [-0.4, -0.2) is 25.6 Å². The Bertz CT molecular complexity index is 485. The van der Waals surface area contributed by atoms with Crippen LogP contribution >= 0.6 is 15.9 Å². The lowest BCUT2D eigenvalue weighted by Crippen LogP contribution is -2.19. The van der Waals surface area contributed by atoms with Crippen molar-refractivity contribution in [2.75, 3.05) is 13.7 Å². The van der Waals surface area contributed by atoms with Crippen LogP contribution in [0.15, 0.2) is 28.7 Å². The zero-order valence-electron chi connectivity index (χ0n) is 9.68. The minimum absolute atomic E-state index is 0.432. The van der Waals surface area contributed by atoms with E-state index in [0.717, 1.165) is 4.47 Å². The van der Waals surface area contributed by atoms with Crippen LogP contribution in [0.4, 0.5) is 0 Å². The number of carbonyl (C=O) groups excluding carboxylic acids is 2. The number of methoxy groups -OCH3 is 1. The van der Waals surface area contributed by atoms with Crippen LogP contribution in [-0.2, 0) is 14.3 Å². The van der Waals surface area contributed by atoms with Gasteiger partial charge in [0.25, 0.3) is 5.91 Å². The normalized spacial score (nSPS) is 10.3. The second-order valence-corrected chi connectivity index (χ2v) is 4.21. The number of hydrogen-bond donors (Lipinski definition) is 1. The Morgan fingerprint density at radius 3 is 2.78 bits per heavy atom. The molecule has 0 unspecified atom stereocenters. The number of benzene rings is 1. The number of halogens is 1. The quantitative estimate of drug-likeness (QED) is 0.660. The molecule has 0 aliphatic heterocycles. The lowest BCUT2D eigenvalue weighted by molar-refractivity contribution is -0.142. The van der Waals surface area contributed by atoms with Crippen molar-refractivity contribution in [3.63, 3.8) is 0 Å². The third-order valence-electron chi connectivity index (χ3n) is 1.95.